The highest BCUT2D eigenvalue weighted by atomic mass is 16.5. The summed E-state index contributed by atoms with van der Waals surface area (Å²) in [5.41, 5.74) is 1.93. The van der Waals surface area contributed by atoms with Gasteiger partial charge in [-0.3, -0.25) is 4.79 Å². The molecule has 6 nitrogen and oxygen atoms in total. The predicted molar refractivity (Wildman–Crippen MR) is 63.1 cm³/mol. The monoisotopic (exact) mass is 264 g/mol. The van der Waals surface area contributed by atoms with E-state index in [1.165, 1.54) is 0 Å². The molecule has 1 aromatic rings. The van der Waals surface area contributed by atoms with Crippen molar-refractivity contribution >= 4 is 11.9 Å². The third-order valence-electron chi connectivity index (χ3n) is 3.45. The Bertz CT molecular complexity index is 554. The van der Waals surface area contributed by atoms with Crippen molar-refractivity contribution in [2.24, 2.45) is 0 Å². The van der Waals surface area contributed by atoms with E-state index in [0.717, 1.165) is 0 Å². The molecule has 0 saturated carbocycles. The summed E-state index contributed by atoms with van der Waals surface area (Å²) in [4.78, 5) is 22.4. The highest BCUT2D eigenvalue weighted by molar-refractivity contribution is 5.95. The van der Waals surface area contributed by atoms with Gasteiger partial charge in [0.25, 0.3) is 0 Å². The Labute approximate surface area is 108 Å². The summed E-state index contributed by atoms with van der Waals surface area (Å²) in [7, 11) is 0. The fourth-order valence-electron chi connectivity index (χ4n) is 2.77. The van der Waals surface area contributed by atoms with E-state index in [2.05, 4.69) is 0 Å². The van der Waals surface area contributed by atoms with Crippen LogP contribution in [0.5, 0.6) is 11.5 Å². The van der Waals surface area contributed by atoms with Gasteiger partial charge in [0.05, 0.1) is 19.6 Å². The number of fused-ring (bicyclic) bond motifs is 2. The largest absolute Gasteiger partial charge is 0.493 e. The lowest BCUT2D eigenvalue weighted by Crippen LogP contribution is -2.09. The minimum absolute atomic E-state index is 0.133. The Hall–Kier alpha value is -2.24. The van der Waals surface area contributed by atoms with Gasteiger partial charge in [-0.25, -0.2) is 4.79 Å². The molecule has 0 aromatic heterocycles. The summed E-state index contributed by atoms with van der Waals surface area (Å²) in [5, 5.41) is 18.3. The van der Waals surface area contributed by atoms with Crippen molar-refractivity contribution in [2.45, 2.75) is 19.3 Å². The molecule has 2 aliphatic rings. The van der Waals surface area contributed by atoms with E-state index in [9.17, 15) is 14.7 Å². The number of carboxylic acids is 2. The number of benzene rings is 1. The molecule has 6 heteroatoms. The first-order valence-corrected chi connectivity index (χ1v) is 6.01. The molecule has 0 saturated heterocycles. The van der Waals surface area contributed by atoms with E-state index in [4.69, 9.17) is 14.6 Å². The summed E-state index contributed by atoms with van der Waals surface area (Å²) in [6.07, 6.45) is 0.822. The zero-order valence-electron chi connectivity index (χ0n) is 10.1. The van der Waals surface area contributed by atoms with Gasteiger partial charge in [-0.2, -0.15) is 0 Å². The molecule has 0 atom stereocenters. The molecule has 0 unspecified atom stereocenters. The third-order valence-corrected chi connectivity index (χ3v) is 3.45. The average Bonchev–Trinajstić information content (AvgIpc) is 2.95. The number of hydrogen-bond donors (Lipinski definition) is 2. The van der Waals surface area contributed by atoms with Crippen molar-refractivity contribution in [1.29, 1.82) is 0 Å². The van der Waals surface area contributed by atoms with E-state index in [1.807, 2.05) is 0 Å². The first-order valence-electron chi connectivity index (χ1n) is 6.01. The maximum Gasteiger partial charge on any atom is 0.339 e. The second-order valence-electron chi connectivity index (χ2n) is 4.54. The smallest absolute Gasteiger partial charge is 0.339 e. The van der Waals surface area contributed by atoms with Gasteiger partial charge >= 0.3 is 11.9 Å². The Kier molecular flexibility index (Phi) is 2.58. The fourth-order valence-corrected chi connectivity index (χ4v) is 2.77. The van der Waals surface area contributed by atoms with Gasteiger partial charge in [0.15, 0.2) is 0 Å². The lowest BCUT2D eigenvalue weighted by molar-refractivity contribution is -0.136. The van der Waals surface area contributed by atoms with Crippen molar-refractivity contribution in [1.82, 2.24) is 0 Å². The predicted octanol–water partition coefficient (Wildman–Crippen LogP) is 0.882. The summed E-state index contributed by atoms with van der Waals surface area (Å²) in [6, 6.07) is 0. The Balaban J connectivity index is 2.28. The first kappa shape index (κ1) is 11.8. The molecule has 2 N–H and O–H groups in total. The quantitative estimate of drug-likeness (QED) is 0.841. The molecular formula is C13H12O6. The first-order chi connectivity index (χ1) is 9.09. The number of carboxylic acid groups (broad SMARTS) is 2. The molecular weight excluding hydrogens is 252 g/mol. The second kappa shape index (κ2) is 4.15. The lowest BCUT2D eigenvalue weighted by atomic mass is 9.92. The SMILES string of the molecule is O=C(O)Cc1c2c(c(C(=O)O)c3c1OCC3)OCC2. The van der Waals surface area contributed by atoms with Crippen molar-refractivity contribution < 1.29 is 29.3 Å². The van der Waals surface area contributed by atoms with Crippen LogP contribution in [0.15, 0.2) is 0 Å². The molecule has 0 amide bonds. The molecule has 0 fully saturated rings. The van der Waals surface area contributed by atoms with Gasteiger partial charge in [0.2, 0.25) is 0 Å². The molecule has 3 rings (SSSR count). The minimum atomic E-state index is -1.05. The van der Waals surface area contributed by atoms with Crippen molar-refractivity contribution in [3.05, 3.63) is 22.3 Å². The van der Waals surface area contributed by atoms with E-state index in [1.54, 1.807) is 0 Å². The van der Waals surface area contributed by atoms with Crippen LogP contribution >= 0.6 is 0 Å². The van der Waals surface area contributed by atoms with Gasteiger partial charge in [-0.15, -0.1) is 0 Å². The maximum atomic E-state index is 11.4. The maximum absolute atomic E-state index is 11.4. The second-order valence-corrected chi connectivity index (χ2v) is 4.54. The van der Waals surface area contributed by atoms with Crippen LogP contribution in [0.1, 0.15) is 27.0 Å². The average molecular weight is 264 g/mol. The molecule has 100 valence electrons. The topological polar surface area (TPSA) is 93.1 Å². The van der Waals surface area contributed by atoms with Crippen LogP contribution in [0.3, 0.4) is 0 Å². The number of rotatable bonds is 3. The molecule has 19 heavy (non-hydrogen) atoms. The normalized spacial score (nSPS) is 15.4. The van der Waals surface area contributed by atoms with Crippen LogP contribution in [0.4, 0.5) is 0 Å². The molecule has 0 aliphatic carbocycles. The molecule has 0 radical (unpaired) electrons. The Morgan fingerprint density at radius 1 is 1.00 bits per heavy atom. The van der Waals surface area contributed by atoms with Crippen LogP contribution in [0, 0.1) is 0 Å². The van der Waals surface area contributed by atoms with E-state index < -0.39 is 11.9 Å². The molecule has 2 heterocycles. The number of aliphatic carboxylic acids is 1. The van der Waals surface area contributed by atoms with Gasteiger partial charge < -0.3 is 19.7 Å². The fraction of sp³-hybridized carbons (Fsp3) is 0.385. The summed E-state index contributed by atoms with van der Waals surface area (Å²) in [5.74, 6) is -1.26. The van der Waals surface area contributed by atoms with Crippen molar-refractivity contribution in [3.63, 3.8) is 0 Å². The number of carbonyl (C=O) groups is 2. The third kappa shape index (κ3) is 1.71. The van der Waals surface area contributed by atoms with Gasteiger partial charge in [0, 0.05) is 29.5 Å². The van der Waals surface area contributed by atoms with Gasteiger partial charge in [0.1, 0.15) is 17.1 Å². The van der Waals surface area contributed by atoms with Crippen LogP contribution < -0.4 is 9.47 Å². The number of hydrogen-bond acceptors (Lipinski definition) is 4. The zero-order valence-corrected chi connectivity index (χ0v) is 10.1. The van der Waals surface area contributed by atoms with Crippen molar-refractivity contribution in [3.8, 4) is 11.5 Å². The van der Waals surface area contributed by atoms with E-state index in [-0.39, 0.29) is 12.0 Å². The van der Waals surface area contributed by atoms with Gasteiger partial charge in [-0.1, -0.05) is 0 Å². The molecule has 1 aromatic carbocycles. The van der Waals surface area contributed by atoms with Crippen LogP contribution in [0.2, 0.25) is 0 Å². The molecule has 2 aliphatic heterocycles. The van der Waals surface area contributed by atoms with Crippen LogP contribution in [-0.4, -0.2) is 35.4 Å². The Morgan fingerprint density at radius 3 is 2.26 bits per heavy atom. The highest BCUT2D eigenvalue weighted by Crippen LogP contribution is 2.44. The van der Waals surface area contributed by atoms with Gasteiger partial charge in [-0.05, 0) is 0 Å². The Morgan fingerprint density at radius 2 is 1.63 bits per heavy atom. The molecule has 0 bridgehead atoms. The van der Waals surface area contributed by atoms with Crippen LogP contribution in [-0.2, 0) is 24.1 Å². The summed E-state index contributed by atoms with van der Waals surface area (Å²) in [6.45, 7) is 0.760. The van der Waals surface area contributed by atoms with E-state index >= 15 is 0 Å². The number of aromatic carboxylic acids is 1. The zero-order chi connectivity index (χ0) is 13.6. The highest BCUT2D eigenvalue weighted by Gasteiger charge is 2.34. The molecule has 0 spiro atoms. The summed E-state index contributed by atoms with van der Waals surface area (Å²) < 4.78 is 10.9. The number of ether oxygens (including phenoxy) is 2. The lowest BCUT2D eigenvalue weighted by Gasteiger charge is -2.14. The van der Waals surface area contributed by atoms with Crippen molar-refractivity contribution in [2.75, 3.05) is 13.2 Å². The minimum Gasteiger partial charge on any atom is -0.493 e. The summed E-state index contributed by atoms with van der Waals surface area (Å²) >= 11 is 0. The standard InChI is InChI=1S/C13H12O6/c14-9(15)5-8-6-1-3-19-12(6)10(13(16)17)7-2-4-18-11(7)8/h1-5H2,(H,14,15)(H,16,17). The van der Waals surface area contributed by atoms with E-state index in [0.29, 0.717) is 54.2 Å². The van der Waals surface area contributed by atoms with Crippen LogP contribution in [0.25, 0.3) is 0 Å².